The van der Waals surface area contributed by atoms with Crippen LogP contribution in [0.15, 0.2) is 18.2 Å². The molecule has 0 saturated carbocycles. The van der Waals surface area contributed by atoms with Crippen molar-refractivity contribution >= 4 is 5.97 Å². The van der Waals surface area contributed by atoms with Crippen LogP contribution in [0.2, 0.25) is 0 Å². The van der Waals surface area contributed by atoms with Gasteiger partial charge in [0.1, 0.15) is 0 Å². The number of benzene rings is 1. The smallest absolute Gasteiger partial charge is 0.335 e. The highest BCUT2D eigenvalue weighted by Gasteiger charge is 2.14. The number of carboxylic acid groups (broad SMARTS) is 1. The van der Waals surface area contributed by atoms with Gasteiger partial charge >= 0.3 is 5.97 Å². The third-order valence-corrected chi connectivity index (χ3v) is 2.12. The van der Waals surface area contributed by atoms with Gasteiger partial charge in [-0.25, -0.2) is 13.6 Å². The van der Waals surface area contributed by atoms with Crippen molar-refractivity contribution in [3.8, 4) is 6.07 Å². The maximum Gasteiger partial charge on any atom is 0.335 e. The zero-order chi connectivity index (χ0) is 12.1. The Hall–Kier alpha value is -1.96. The molecule has 0 aliphatic rings. The molecule has 84 valence electrons. The number of alkyl halides is 2. The second-order valence-corrected chi connectivity index (χ2v) is 3.18. The lowest BCUT2D eigenvalue weighted by Crippen LogP contribution is -2.04. The lowest BCUT2D eigenvalue weighted by molar-refractivity contribution is 0.0695. The van der Waals surface area contributed by atoms with Gasteiger partial charge in [0.15, 0.2) is 0 Å². The molecular formula is C11H9F2NO2. The molecule has 0 aromatic heterocycles. The van der Waals surface area contributed by atoms with Crippen molar-refractivity contribution < 1.29 is 18.7 Å². The number of aryl methyl sites for hydroxylation is 1. The lowest BCUT2D eigenvalue weighted by Gasteiger charge is -2.06. The number of nitrogens with zero attached hydrogens (tertiary/aromatic N) is 1. The number of hydrogen-bond donors (Lipinski definition) is 1. The van der Waals surface area contributed by atoms with Crippen molar-refractivity contribution in [3.05, 3.63) is 34.9 Å². The number of nitriles is 1. The van der Waals surface area contributed by atoms with Crippen LogP contribution in [0.3, 0.4) is 0 Å². The van der Waals surface area contributed by atoms with Gasteiger partial charge < -0.3 is 5.11 Å². The van der Waals surface area contributed by atoms with Crippen molar-refractivity contribution in [2.45, 2.75) is 19.3 Å². The van der Waals surface area contributed by atoms with E-state index in [1.54, 1.807) is 0 Å². The number of carbonyl (C=O) groups is 1. The molecule has 0 spiro atoms. The summed E-state index contributed by atoms with van der Waals surface area (Å²) in [4.78, 5) is 10.8. The second-order valence-electron chi connectivity index (χ2n) is 3.18. The van der Waals surface area contributed by atoms with Crippen molar-refractivity contribution in [1.82, 2.24) is 0 Å². The summed E-state index contributed by atoms with van der Waals surface area (Å²) < 4.78 is 24.7. The summed E-state index contributed by atoms with van der Waals surface area (Å²) in [5, 5.41) is 17.2. The molecule has 16 heavy (non-hydrogen) atoms. The average Bonchev–Trinajstić information content (AvgIpc) is 2.25. The summed E-state index contributed by atoms with van der Waals surface area (Å²) in [6.07, 6.45) is -2.28. The van der Waals surface area contributed by atoms with E-state index < -0.39 is 12.4 Å². The topological polar surface area (TPSA) is 61.1 Å². The van der Waals surface area contributed by atoms with Crippen LogP contribution in [0.4, 0.5) is 8.78 Å². The van der Waals surface area contributed by atoms with Gasteiger partial charge in [0.25, 0.3) is 6.43 Å². The Morgan fingerprint density at radius 3 is 2.69 bits per heavy atom. The molecule has 1 aromatic rings. The largest absolute Gasteiger partial charge is 0.478 e. The van der Waals surface area contributed by atoms with Crippen LogP contribution >= 0.6 is 0 Å². The standard InChI is InChI=1S/C11H9F2NO2/c12-10(13)8-4-3-7(2-1-5-14)9(6-8)11(15)16/h3-4,6,10H,1-2H2,(H,15,16). The Morgan fingerprint density at radius 1 is 1.50 bits per heavy atom. The first-order chi connectivity index (χ1) is 7.56. The van der Waals surface area contributed by atoms with Crippen LogP contribution in [0.5, 0.6) is 0 Å². The van der Waals surface area contributed by atoms with E-state index in [2.05, 4.69) is 0 Å². The molecule has 0 radical (unpaired) electrons. The van der Waals surface area contributed by atoms with Crippen molar-refractivity contribution in [3.63, 3.8) is 0 Å². The fourth-order valence-electron chi connectivity index (χ4n) is 1.34. The lowest BCUT2D eigenvalue weighted by atomic mass is 10.0. The number of hydrogen-bond acceptors (Lipinski definition) is 2. The van der Waals surface area contributed by atoms with Gasteiger partial charge in [-0.15, -0.1) is 0 Å². The summed E-state index contributed by atoms with van der Waals surface area (Å²) >= 11 is 0. The molecular weight excluding hydrogens is 216 g/mol. The molecule has 3 nitrogen and oxygen atoms in total. The average molecular weight is 225 g/mol. The minimum atomic E-state index is -2.69. The quantitative estimate of drug-likeness (QED) is 0.856. The monoisotopic (exact) mass is 225 g/mol. The van der Waals surface area contributed by atoms with Crippen LogP contribution in [0.25, 0.3) is 0 Å². The maximum absolute atomic E-state index is 12.3. The first-order valence-corrected chi connectivity index (χ1v) is 4.57. The summed E-state index contributed by atoms with van der Waals surface area (Å²) in [5.41, 5.74) is -0.0791. The molecule has 0 bridgehead atoms. The zero-order valence-electron chi connectivity index (χ0n) is 8.28. The molecule has 0 aliphatic heterocycles. The first kappa shape index (κ1) is 12.1. The number of halogens is 2. The minimum absolute atomic E-state index is 0.159. The number of carboxylic acids is 1. The SMILES string of the molecule is N#CCCc1ccc(C(F)F)cc1C(=O)O. The Bertz CT molecular complexity index is 438. The van der Waals surface area contributed by atoms with Gasteiger partial charge in [-0.2, -0.15) is 5.26 Å². The van der Waals surface area contributed by atoms with Crippen molar-refractivity contribution in [2.24, 2.45) is 0 Å². The van der Waals surface area contributed by atoms with Crippen LogP contribution in [0, 0.1) is 11.3 Å². The zero-order valence-corrected chi connectivity index (χ0v) is 8.28. The van der Waals surface area contributed by atoms with E-state index in [4.69, 9.17) is 10.4 Å². The first-order valence-electron chi connectivity index (χ1n) is 4.57. The molecule has 1 aromatic carbocycles. The van der Waals surface area contributed by atoms with E-state index in [9.17, 15) is 13.6 Å². The third-order valence-electron chi connectivity index (χ3n) is 2.12. The molecule has 5 heteroatoms. The third kappa shape index (κ3) is 2.76. The fraction of sp³-hybridized carbons (Fsp3) is 0.273. The summed E-state index contributed by atoms with van der Waals surface area (Å²) in [7, 11) is 0. The highest BCUT2D eigenvalue weighted by atomic mass is 19.3. The minimum Gasteiger partial charge on any atom is -0.478 e. The molecule has 0 heterocycles. The van der Waals surface area contributed by atoms with E-state index in [-0.39, 0.29) is 24.0 Å². The van der Waals surface area contributed by atoms with Gasteiger partial charge in [0, 0.05) is 12.0 Å². The molecule has 0 atom stereocenters. The Kier molecular flexibility index (Phi) is 3.95. The predicted molar refractivity (Wildman–Crippen MR) is 52.3 cm³/mol. The summed E-state index contributed by atoms with van der Waals surface area (Å²) in [6, 6.07) is 5.36. The van der Waals surface area contributed by atoms with E-state index in [1.807, 2.05) is 6.07 Å². The molecule has 0 aliphatic carbocycles. The number of aromatic carboxylic acids is 1. The maximum atomic E-state index is 12.3. The fourth-order valence-corrected chi connectivity index (χ4v) is 1.34. The van der Waals surface area contributed by atoms with E-state index >= 15 is 0 Å². The summed E-state index contributed by atoms with van der Waals surface area (Å²) in [5.74, 6) is -1.25. The Labute approximate surface area is 90.9 Å². The van der Waals surface area contributed by atoms with Gasteiger partial charge in [-0.3, -0.25) is 0 Å². The van der Waals surface area contributed by atoms with Gasteiger partial charge in [-0.05, 0) is 18.1 Å². The summed E-state index contributed by atoms with van der Waals surface area (Å²) in [6.45, 7) is 0. The molecule has 0 amide bonds. The molecule has 1 N–H and O–H groups in total. The highest BCUT2D eigenvalue weighted by Crippen LogP contribution is 2.22. The van der Waals surface area contributed by atoms with Crippen molar-refractivity contribution in [1.29, 1.82) is 5.26 Å². The van der Waals surface area contributed by atoms with Crippen LogP contribution < -0.4 is 0 Å². The van der Waals surface area contributed by atoms with Crippen molar-refractivity contribution in [2.75, 3.05) is 0 Å². The Balaban J connectivity index is 3.10. The molecule has 1 rings (SSSR count). The molecule has 0 saturated heterocycles. The predicted octanol–water partition coefficient (Wildman–Crippen LogP) is 2.78. The van der Waals surface area contributed by atoms with Crippen LogP contribution in [-0.2, 0) is 6.42 Å². The van der Waals surface area contributed by atoms with E-state index in [1.165, 1.54) is 12.1 Å². The Morgan fingerprint density at radius 2 is 2.19 bits per heavy atom. The van der Waals surface area contributed by atoms with Gasteiger partial charge in [0.05, 0.1) is 11.6 Å². The van der Waals surface area contributed by atoms with Crippen LogP contribution in [0.1, 0.15) is 34.3 Å². The molecule has 0 unspecified atom stereocenters. The van der Waals surface area contributed by atoms with E-state index in [0.717, 1.165) is 6.07 Å². The normalized spacial score (nSPS) is 10.1. The van der Waals surface area contributed by atoms with Gasteiger partial charge in [0.2, 0.25) is 0 Å². The molecule has 0 fully saturated rings. The van der Waals surface area contributed by atoms with E-state index in [0.29, 0.717) is 5.56 Å². The highest BCUT2D eigenvalue weighted by molar-refractivity contribution is 5.89. The second kappa shape index (κ2) is 5.21. The van der Waals surface area contributed by atoms with Gasteiger partial charge in [-0.1, -0.05) is 12.1 Å². The van der Waals surface area contributed by atoms with Crippen LogP contribution in [-0.4, -0.2) is 11.1 Å². The number of rotatable bonds is 4.